The van der Waals surface area contributed by atoms with E-state index in [-0.39, 0.29) is 6.10 Å². The number of nitrogens with zero attached hydrogens (tertiary/aromatic N) is 2. The number of rotatable bonds is 7. The van der Waals surface area contributed by atoms with Gasteiger partial charge >= 0.3 is 0 Å². The number of pyridine rings is 1. The zero-order valence-electron chi connectivity index (χ0n) is 14.5. The minimum Gasteiger partial charge on any atom is -0.755 e. The predicted molar refractivity (Wildman–Crippen MR) is 112 cm³/mol. The van der Waals surface area contributed by atoms with Crippen LogP contribution in [0.1, 0.15) is 13.3 Å². The van der Waals surface area contributed by atoms with Gasteiger partial charge in [0, 0.05) is 56.9 Å². The first-order chi connectivity index (χ1) is 12.9. The van der Waals surface area contributed by atoms with Gasteiger partial charge < -0.3 is 13.6 Å². The molecule has 0 saturated heterocycles. The van der Waals surface area contributed by atoms with Crippen molar-refractivity contribution in [3.8, 4) is 5.75 Å². The molecular formula is C19H17BrClN2O3S-. The first-order valence-electron chi connectivity index (χ1n) is 8.26. The topological polar surface area (TPSA) is 65.5 Å². The van der Waals surface area contributed by atoms with Crippen LogP contribution >= 0.6 is 27.5 Å². The van der Waals surface area contributed by atoms with Crippen LogP contribution in [0.15, 0.2) is 59.3 Å². The molecule has 0 aliphatic heterocycles. The van der Waals surface area contributed by atoms with Gasteiger partial charge in [0.05, 0.1) is 11.8 Å². The molecule has 1 aromatic heterocycles. The molecule has 0 bridgehead atoms. The number of halogens is 2. The van der Waals surface area contributed by atoms with Crippen molar-refractivity contribution in [1.82, 2.24) is 4.98 Å². The summed E-state index contributed by atoms with van der Waals surface area (Å²) < 4.78 is 31.8. The zero-order chi connectivity index (χ0) is 19.4. The van der Waals surface area contributed by atoms with Gasteiger partial charge in [-0.2, -0.15) is 0 Å². The van der Waals surface area contributed by atoms with E-state index in [2.05, 4.69) is 20.9 Å². The van der Waals surface area contributed by atoms with Gasteiger partial charge in [0.25, 0.3) is 0 Å². The minimum absolute atomic E-state index is 0.169. The maximum absolute atomic E-state index is 11.9. The Morgan fingerprint density at radius 2 is 2.04 bits per heavy atom. The van der Waals surface area contributed by atoms with Crippen LogP contribution in [0, 0.1) is 0 Å². The zero-order valence-corrected chi connectivity index (χ0v) is 17.6. The van der Waals surface area contributed by atoms with E-state index in [1.807, 2.05) is 19.1 Å². The fraction of sp³-hybridized carbons (Fsp3) is 0.211. The summed E-state index contributed by atoms with van der Waals surface area (Å²) >= 11 is 6.90. The molecule has 0 spiro atoms. The highest BCUT2D eigenvalue weighted by Crippen LogP contribution is 2.31. The number of ether oxygens (including phenoxy) is 1. The van der Waals surface area contributed by atoms with Crippen LogP contribution < -0.4 is 9.04 Å². The van der Waals surface area contributed by atoms with E-state index in [0.29, 0.717) is 29.4 Å². The first-order valence-corrected chi connectivity index (χ1v) is 10.5. The smallest absolute Gasteiger partial charge is 0.119 e. The third-order valence-corrected chi connectivity index (χ3v) is 5.48. The summed E-state index contributed by atoms with van der Waals surface area (Å²) in [4.78, 5) is 4.10. The fourth-order valence-electron chi connectivity index (χ4n) is 2.74. The van der Waals surface area contributed by atoms with Crippen LogP contribution in [-0.2, 0) is 11.3 Å². The lowest BCUT2D eigenvalue weighted by Gasteiger charge is -2.29. The molecule has 27 heavy (non-hydrogen) atoms. The summed E-state index contributed by atoms with van der Waals surface area (Å²) in [6.07, 6.45) is 3.72. The SMILES string of the molecule is CC(CCN(c1cc(Br)cc2cnccc12)S(=O)[O-])Oc1ccc(Cl)cc1. The Bertz CT molecular complexity index is 955. The van der Waals surface area contributed by atoms with Crippen molar-refractivity contribution in [3.05, 3.63) is 64.4 Å². The number of anilines is 1. The van der Waals surface area contributed by atoms with Gasteiger partial charge in [0.15, 0.2) is 0 Å². The van der Waals surface area contributed by atoms with Crippen LogP contribution in [0.4, 0.5) is 5.69 Å². The van der Waals surface area contributed by atoms with E-state index in [4.69, 9.17) is 16.3 Å². The fourth-order valence-corrected chi connectivity index (χ4v) is 3.89. The Hall–Kier alpha value is -1.67. The van der Waals surface area contributed by atoms with Crippen molar-refractivity contribution in [2.45, 2.75) is 19.4 Å². The van der Waals surface area contributed by atoms with Crippen molar-refractivity contribution in [2.24, 2.45) is 0 Å². The van der Waals surface area contributed by atoms with E-state index < -0.39 is 11.3 Å². The van der Waals surface area contributed by atoms with Gasteiger partial charge in [-0.15, -0.1) is 0 Å². The third-order valence-electron chi connectivity index (χ3n) is 4.03. The lowest BCUT2D eigenvalue weighted by atomic mass is 10.1. The maximum atomic E-state index is 11.9. The minimum atomic E-state index is -2.42. The van der Waals surface area contributed by atoms with Crippen LogP contribution in [0.25, 0.3) is 10.8 Å². The van der Waals surface area contributed by atoms with E-state index >= 15 is 0 Å². The van der Waals surface area contributed by atoms with E-state index in [0.717, 1.165) is 15.2 Å². The lowest BCUT2D eigenvalue weighted by Crippen LogP contribution is -2.30. The second-order valence-electron chi connectivity index (χ2n) is 6.01. The Balaban J connectivity index is 1.77. The monoisotopic (exact) mass is 467 g/mol. The second kappa shape index (κ2) is 9.01. The molecule has 0 aliphatic carbocycles. The molecule has 8 heteroatoms. The van der Waals surface area contributed by atoms with Gasteiger partial charge in [-0.05, 0) is 49.4 Å². The van der Waals surface area contributed by atoms with Crippen LogP contribution in [-0.4, -0.2) is 26.4 Å². The highest BCUT2D eigenvalue weighted by atomic mass is 79.9. The number of benzene rings is 2. The van der Waals surface area contributed by atoms with Crippen molar-refractivity contribution < 1.29 is 13.5 Å². The van der Waals surface area contributed by atoms with Gasteiger partial charge in [0.2, 0.25) is 0 Å². The Kier molecular flexibility index (Phi) is 6.70. The molecule has 0 aliphatic rings. The standard InChI is InChI=1S/C19H18BrClN2O3S/c1-13(26-17-4-2-16(21)3-5-17)7-9-23(27(24)25)19-11-15(20)10-14-12-22-8-6-18(14)19/h2-6,8,10-13H,7,9H2,1H3,(H,24,25)/p-1. The molecule has 0 amide bonds. The highest BCUT2D eigenvalue weighted by Gasteiger charge is 2.15. The molecule has 3 rings (SSSR count). The average Bonchev–Trinajstić information content (AvgIpc) is 2.63. The van der Waals surface area contributed by atoms with E-state index in [1.54, 1.807) is 42.7 Å². The summed E-state index contributed by atoms with van der Waals surface area (Å²) in [5.74, 6) is 0.695. The van der Waals surface area contributed by atoms with Gasteiger partial charge in [-0.3, -0.25) is 9.19 Å². The normalized spacial score (nSPS) is 13.3. The van der Waals surface area contributed by atoms with Gasteiger partial charge in [-0.1, -0.05) is 27.5 Å². The molecule has 142 valence electrons. The number of fused-ring (bicyclic) bond motifs is 1. The quantitative estimate of drug-likeness (QED) is 0.452. The van der Waals surface area contributed by atoms with Crippen LogP contribution in [0.3, 0.4) is 0 Å². The predicted octanol–water partition coefficient (Wildman–Crippen LogP) is 5.11. The molecular weight excluding hydrogens is 452 g/mol. The second-order valence-corrected chi connectivity index (χ2v) is 8.24. The molecule has 0 saturated carbocycles. The number of hydrogen-bond acceptors (Lipinski definition) is 4. The molecule has 0 radical (unpaired) electrons. The average molecular weight is 469 g/mol. The molecule has 5 nitrogen and oxygen atoms in total. The Morgan fingerprint density at radius 3 is 2.74 bits per heavy atom. The maximum Gasteiger partial charge on any atom is 0.119 e. The van der Waals surface area contributed by atoms with Crippen molar-refractivity contribution >= 4 is 55.3 Å². The molecule has 1 heterocycles. The molecule has 0 N–H and O–H groups in total. The molecule has 2 unspecified atom stereocenters. The highest BCUT2D eigenvalue weighted by molar-refractivity contribution is 9.10. The summed E-state index contributed by atoms with van der Waals surface area (Å²) in [5.41, 5.74) is 0.605. The van der Waals surface area contributed by atoms with Crippen molar-refractivity contribution in [2.75, 3.05) is 10.8 Å². The third kappa shape index (κ3) is 5.19. The molecule has 2 aromatic carbocycles. The summed E-state index contributed by atoms with van der Waals surface area (Å²) in [5, 5.41) is 2.32. The van der Waals surface area contributed by atoms with E-state index in [1.165, 1.54) is 4.31 Å². The number of hydrogen-bond donors (Lipinski definition) is 0. The summed E-state index contributed by atoms with van der Waals surface area (Å²) in [6.45, 7) is 2.20. The van der Waals surface area contributed by atoms with Crippen molar-refractivity contribution in [1.29, 1.82) is 0 Å². The lowest BCUT2D eigenvalue weighted by molar-refractivity contribution is 0.214. The Morgan fingerprint density at radius 1 is 1.30 bits per heavy atom. The summed E-state index contributed by atoms with van der Waals surface area (Å²) in [7, 11) is 0. The van der Waals surface area contributed by atoms with E-state index in [9.17, 15) is 8.76 Å². The van der Waals surface area contributed by atoms with Crippen molar-refractivity contribution in [3.63, 3.8) is 0 Å². The van der Waals surface area contributed by atoms with Gasteiger partial charge in [0.1, 0.15) is 5.75 Å². The van der Waals surface area contributed by atoms with Crippen LogP contribution in [0.5, 0.6) is 5.75 Å². The molecule has 2 atom stereocenters. The molecule has 0 fully saturated rings. The van der Waals surface area contributed by atoms with Crippen LogP contribution in [0.2, 0.25) is 5.02 Å². The largest absolute Gasteiger partial charge is 0.755 e. The molecule has 3 aromatic rings. The Labute approximate surface area is 173 Å². The van der Waals surface area contributed by atoms with Gasteiger partial charge in [-0.25, -0.2) is 0 Å². The number of aromatic nitrogens is 1. The first kappa shape index (κ1) is 20.1. The summed E-state index contributed by atoms with van der Waals surface area (Å²) in [6, 6.07) is 12.6.